The number of furan rings is 2. The molecule has 2 heterocycles. The zero-order valence-corrected chi connectivity index (χ0v) is 36.3. The highest BCUT2D eigenvalue weighted by atomic mass is 16.3. The predicted octanol–water partition coefficient (Wildman–Crippen LogP) is 16.7. The van der Waals surface area contributed by atoms with Crippen LogP contribution in [-0.4, -0.2) is 0 Å². The quantitative estimate of drug-likeness (QED) is 0.156. The summed E-state index contributed by atoms with van der Waals surface area (Å²) in [6, 6.07) is 71.3. The average molecular weight is 824 g/mol. The first-order chi connectivity index (χ1) is 31.3. The van der Waals surface area contributed by atoms with E-state index in [2.05, 4.69) is 227 Å². The Morgan fingerprint density at radius 1 is 0.375 bits per heavy atom. The summed E-state index contributed by atoms with van der Waals surface area (Å²) >= 11 is 0. The van der Waals surface area contributed by atoms with Gasteiger partial charge in [0.2, 0.25) is 0 Å². The molecular formula is C61H45NO2. The number of para-hydroxylation sites is 2. The van der Waals surface area contributed by atoms with Gasteiger partial charge < -0.3 is 13.7 Å². The van der Waals surface area contributed by atoms with Crippen LogP contribution in [0.3, 0.4) is 0 Å². The van der Waals surface area contributed by atoms with Gasteiger partial charge in [-0.15, -0.1) is 0 Å². The first-order valence-corrected chi connectivity index (χ1v) is 22.4. The summed E-state index contributed by atoms with van der Waals surface area (Å²) in [5.74, 6) is -0.115. The van der Waals surface area contributed by atoms with Crippen molar-refractivity contribution < 1.29 is 8.83 Å². The summed E-state index contributed by atoms with van der Waals surface area (Å²) in [5, 5.41) is 4.48. The van der Waals surface area contributed by atoms with E-state index in [0.29, 0.717) is 0 Å². The second-order valence-electron chi connectivity index (χ2n) is 18.8. The zero-order chi connectivity index (χ0) is 42.9. The van der Waals surface area contributed by atoms with Crippen LogP contribution in [0.2, 0.25) is 0 Å². The van der Waals surface area contributed by atoms with Crippen LogP contribution in [0.4, 0.5) is 17.1 Å². The maximum Gasteiger partial charge on any atom is 0.137 e. The molecule has 1 atom stereocenters. The van der Waals surface area contributed by atoms with Crippen LogP contribution < -0.4 is 4.90 Å². The number of anilines is 3. The fourth-order valence-electron chi connectivity index (χ4n) is 11.5. The van der Waals surface area contributed by atoms with Crippen molar-refractivity contribution in [1.82, 2.24) is 0 Å². The van der Waals surface area contributed by atoms with E-state index in [9.17, 15) is 0 Å². The van der Waals surface area contributed by atoms with Crippen LogP contribution in [-0.2, 0) is 10.8 Å². The lowest BCUT2D eigenvalue weighted by molar-refractivity contribution is 0.658. The highest BCUT2D eigenvalue weighted by Crippen LogP contribution is 2.53. The molecule has 0 aliphatic heterocycles. The molecule has 0 radical (unpaired) electrons. The van der Waals surface area contributed by atoms with E-state index >= 15 is 0 Å². The molecule has 0 spiro atoms. The molecule has 9 aromatic carbocycles. The third kappa shape index (κ3) is 5.21. The van der Waals surface area contributed by atoms with Gasteiger partial charge >= 0.3 is 0 Å². The normalized spacial score (nSPS) is 14.8. The average Bonchev–Trinajstić information content (AvgIpc) is 4.03. The van der Waals surface area contributed by atoms with Crippen molar-refractivity contribution >= 4 is 60.9 Å². The summed E-state index contributed by atoms with van der Waals surface area (Å²) in [4.78, 5) is 2.46. The summed E-state index contributed by atoms with van der Waals surface area (Å²) in [5.41, 5.74) is 20.8. The molecular weight excluding hydrogens is 779 g/mol. The summed E-state index contributed by atoms with van der Waals surface area (Å²) in [6.45, 7) is 9.46. The Morgan fingerprint density at radius 2 is 0.875 bits per heavy atom. The first kappa shape index (κ1) is 37.0. The van der Waals surface area contributed by atoms with Gasteiger partial charge in [0.25, 0.3) is 0 Å². The summed E-state index contributed by atoms with van der Waals surface area (Å²) in [7, 11) is 0. The van der Waals surface area contributed by atoms with Crippen LogP contribution in [0.15, 0.2) is 203 Å². The highest BCUT2D eigenvalue weighted by molar-refractivity contribution is 6.13. The van der Waals surface area contributed by atoms with Crippen molar-refractivity contribution in [2.75, 3.05) is 4.90 Å². The minimum absolute atomic E-state index is 0.115. The minimum atomic E-state index is -0.165. The summed E-state index contributed by atoms with van der Waals surface area (Å²) < 4.78 is 13.1. The lowest BCUT2D eigenvalue weighted by Gasteiger charge is -2.30. The zero-order valence-electron chi connectivity index (χ0n) is 36.3. The number of hydrogen-bond donors (Lipinski definition) is 0. The Bertz CT molecular complexity index is 3470. The van der Waals surface area contributed by atoms with Gasteiger partial charge in [0.05, 0.1) is 11.1 Å². The maximum atomic E-state index is 6.57. The molecule has 2 aliphatic rings. The van der Waals surface area contributed by atoms with Crippen LogP contribution in [0, 0.1) is 0 Å². The number of fused-ring (bicyclic) bond motifs is 12. The third-order valence-corrected chi connectivity index (χ3v) is 14.6. The molecule has 306 valence electrons. The molecule has 13 rings (SSSR count). The molecule has 2 aromatic heterocycles. The third-order valence-electron chi connectivity index (χ3n) is 14.6. The molecule has 0 bridgehead atoms. The molecule has 0 saturated heterocycles. The molecule has 64 heavy (non-hydrogen) atoms. The van der Waals surface area contributed by atoms with Gasteiger partial charge in [0.1, 0.15) is 22.3 Å². The lowest BCUT2D eigenvalue weighted by Crippen LogP contribution is -2.17. The molecule has 0 N–H and O–H groups in total. The molecule has 1 unspecified atom stereocenters. The van der Waals surface area contributed by atoms with Crippen molar-refractivity contribution in [3.63, 3.8) is 0 Å². The number of benzene rings is 9. The van der Waals surface area contributed by atoms with E-state index < -0.39 is 0 Å². The fourth-order valence-corrected chi connectivity index (χ4v) is 11.5. The Hall–Kier alpha value is -7.62. The van der Waals surface area contributed by atoms with Gasteiger partial charge in [-0.05, 0) is 116 Å². The van der Waals surface area contributed by atoms with E-state index in [1.54, 1.807) is 0 Å². The first-order valence-electron chi connectivity index (χ1n) is 22.4. The molecule has 0 saturated carbocycles. The van der Waals surface area contributed by atoms with E-state index in [0.717, 1.165) is 60.9 Å². The fraction of sp³-hybridized carbons (Fsp3) is 0.115. The van der Waals surface area contributed by atoms with E-state index in [1.807, 2.05) is 0 Å². The van der Waals surface area contributed by atoms with Crippen molar-refractivity contribution in [2.24, 2.45) is 0 Å². The molecule has 0 fully saturated rings. The van der Waals surface area contributed by atoms with Gasteiger partial charge in [-0.1, -0.05) is 167 Å². The number of hydrogen-bond acceptors (Lipinski definition) is 3. The van der Waals surface area contributed by atoms with Crippen molar-refractivity contribution in [1.29, 1.82) is 0 Å². The van der Waals surface area contributed by atoms with Gasteiger partial charge in [0, 0.05) is 44.3 Å². The van der Waals surface area contributed by atoms with Crippen LogP contribution >= 0.6 is 0 Å². The lowest BCUT2D eigenvalue weighted by atomic mass is 9.78. The van der Waals surface area contributed by atoms with E-state index in [1.165, 1.54) is 61.2 Å². The molecule has 2 aliphatic carbocycles. The minimum Gasteiger partial charge on any atom is -0.456 e. The highest BCUT2D eigenvalue weighted by Gasteiger charge is 2.38. The standard InChI is InChI=1S/C61H45NO2/c1-60(2)48-23-9-5-18-41(48)43-32-30-38(35-50(43)60)57(47-22-14-28-55-58(47)45-20-7-11-26-53(45)63-55)37-16-13-17-39(34-37)62(52-25-15-29-56-59(52)46-21-8-12-27-54(46)64-56)40-31-33-44-42-19-6-10-24-49(42)61(3,4)51(44)36-40/h5-36,57H,1-4H3. The smallest absolute Gasteiger partial charge is 0.137 e. The Morgan fingerprint density at radius 3 is 1.58 bits per heavy atom. The predicted molar refractivity (Wildman–Crippen MR) is 265 cm³/mol. The van der Waals surface area contributed by atoms with Crippen LogP contribution in [0.25, 0.3) is 66.1 Å². The van der Waals surface area contributed by atoms with Gasteiger partial charge in [0.15, 0.2) is 0 Å². The number of rotatable bonds is 6. The van der Waals surface area contributed by atoms with Crippen molar-refractivity contribution in [2.45, 2.75) is 44.4 Å². The Balaban J connectivity index is 1.06. The molecule has 0 amide bonds. The molecule has 3 nitrogen and oxygen atoms in total. The van der Waals surface area contributed by atoms with Gasteiger partial charge in [-0.25, -0.2) is 0 Å². The maximum absolute atomic E-state index is 6.57. The number of nitrogens with zero attached hydrogens (tertiary/aromatic N) is 1. The van der Waals surface area contributed by atoms with Gasteiger partial charge in [-0.2, -0.15) is 0 Å². The van der Waals surface area contributed by atoms with Gasteiger partial charge in [-0.3, -0.25) is 0 Å². The second-order valence-corrected chi connectivity index (χ2v) is 18.8. The van der Waals surface area contributed by atoms with E-state index in [-0.39, 0.29) is 16.7 Å². The van der Waals surface area contributed by atoms with E-state index in [4.69, 9.17) is 8.83 Å². The van der Waals surface area contributed by atoms with Crippen molar-refractivity contribution in [3.8, 4) is 22.3 Å². The van der Waals surface area contributed by atoms with Crippen LogP contribution in [0.5, 0.6) is 0 Å². The Labute approximate surface area is 372 Å². The van der Waals surface area contributed by atoms with Crippen molar-refractivity contribution in [3.05, 3.63) is 233 Å². The molecule has 11 aromatic rings. The van der Waals surface area contributed by atoms with Crippen LogP contribution in [0.1, 0.15) is 72.6 Å². The largest absolute Gasteiger partial charge is 0.456 e. The topological polar surface area (TPSA) is 29.5 Å². The monoisotopic (exact) mass is 823 g/mol. The Kier molecular flexibility index (Phi) is 7.77. The SMILES string of the molecule is CC1(C)c2ccccc2-c2ccc(C(c3cccc(N(c4ccc5c(c4)C(C)(C)c4ccccc4-5)c4cccc5oc6ccccc6c45)c3)c3cccc4oc5ccccc5c34)cc21. The molecule has 3 heteroatoms. The second kappa shape index (κ2) is 13.4. The summed E-state index contributed by atoms with van der Waals surface area (Å²) in [6.07, 6.45) is 0.